The van der Waals surface area contributed by atoms with Gasteiger partial charge in [0.1, 0.15) is 17.2 Å². The summed E-state index contributed by atoms with van der Waals surface area (Å²) in [4.78, 5) is 9.98. The van der Waals surface area contributed by atoms with E-state index >= 15 is 0 Å². The summed E-state index contributed by atoms with van der Waals surface area (Å²) in [6.07, 6.45) is 0. The van der Waals surface area contributed by atoms with Crippen LogP contribution < -0.4 is 19.1 Å². The summed E-state index contributed by atoms with van der Waals surface area (Å²) < 4.78 is 15.6. The Hall–Kier alpha value is -0.810. The molecule has 2 N–H and O–H groups in total. The van der Waals surface area contributed by atoms with Crippen LogP contribution in [0.3, 0.4) is 0 Å². The van der Waals surface area contributed by atoms with Gasteiger partial charge in [0.15, 0.2) is 0 Å². The zero-order chi connectivity index (χ0) is 13.8. The van der Waals surface area contributed by atoms with E-state index in [1.165, 1.54) is 0 Å². The van der Waals surface area contributed by atoms with Crippen molar-refractivity contribution in [3.63, 3.8) is 0 Å². The molecule has 0 bridgehead atoms. The number of hydrogen-bond acceptors (Lipinski definition) is 4. The largest absolute Gasteiger partial charge is 0.496 e. The molecule has 1 rings (SSSR count). The first-order valence-electron chi connectivity index (χ1n) is 5.39. The summed E-state index contributed by atoms with van der Waals surface area (Å²) >= 11 is 5.01. The predicted octanol–water partition coefficient (Wildman–Crippen LogP) is 2.30. The standard InChI is InChI=1S/C11H18NO4PS/c1-8(2)12-17(13,18)16-11-6-9(14-3)5-10(7-11)15-4/h5-8H,1-4H3,(H2,12,13,18). The Bertz CT molecular complexity index is 430. The number of benzene rings is 1. The summed E-state index contributed by atoms with van der Waals surface area (Å²) in [6, 6.07) is 5.03. The van der Waals surface area contributed by atoms with Crippen LogP contribution in [0.4, 0.5) is 0 Å². The Kier molecular flexibility index (Phi) is 5.41. The number of nitrogens with one attached hydrogen (secondary N) is 1. The Balaban J connectivity index is 2.92. The second-order valence-electron chi connectivity index (χ2n) is 3.94. The van der Waals surface area contributed by atoms with Gasteiger partial charge in [-0.2, -0.15) is 0 Å². The highest BCUT2D eigenvalue weighted by Gasteiger charge is 2.17. The van der Waals surface area contributed by atoms with Gasteiger partial charge < -0.3 is 18.9 Å². The second-order valence-corrected chi connectivity index (χ2v) is 6.91. The molecule has 1 atom stereocenters. The summed E-state index contributed by atoms with van der Waals surface area (Å²) in [5.41, 5.74) is 0. The van der Waals surface area contributed by atoms with E-state index in [1.54, 1.807) is 32.4 Å². The summed E-state index contributed by atoms with van der Waals surface area (Å²) in [5, 5.41) is 2.82. The molecule has 0 aliphatic heterocycles. The van der Waals surface area contributed by atoms with Crippen molar-refractivity contribution in [1.29, 1.82) is 0 Å². The molecular weight excluding hydrogens is 273 g/mol. The number of methoxy groups -OCH3 is 2. The fourth-order valence-electron chi connectivity index (χ4n) is 1.33. The zero-order valence-electron chi connectivity index (χ0n) is 10.8. The molecule has 1 aromatic rings. The molecule has 0 fully saturated rings. The van der Waals surface area contributed by atoms with Gasteiger partial charge in [-0.3, -0.25) is 0 Å². The Labute approximate surface area is 112 Å². The van der Waals surface area contributed by atoms with Crippen LogP contribution in [0.25, 0.3) is 0 Å². The zero-order valence-corrected chi connectivity index (χ0v) is 12.5. The third-order valence-electron chi connectivity index (χ3n) is 1.98. The highest BCUT2D eigenvalue weighted by Crippen LogP contribution is 2.41. The lowest BCUT2D eigenvalue weighted by atomic mass is 10.3. The highest BCUT2D eigenvalue weighted by molar-refractivity contribution is 8.08. The van der Waals surface area contributed by atoms with Crippen LogP contribution in [-0.4, -0.2) is 25.2 Å². The van der Waals surface area contributed by atoms with Crippen molar-refractivity contribution in [3.8, 4) is 17.2 Å². The van der Waals surface area contributed by atoms with Gasteiger partial charge in [0.2, 0.25) is 0 Å². The van der Waals surface area contributed by atoms with Gasteiger partial charge in [0.05, 0.1) is 14.2 Å². The summed E-state index contributed by atoms with van der Waals surface area (Å²) in [7, 11) is 3.08. The van der Waals surface area contributed by atoms with Crippen LogP contribution in [0.15, 0.2) is 18.2 Å². The average molecular weight is 291 g/mol. The third-order valence-corrected chi connectivity index (χ3v) is 3.82. The fraction of sp³-hybridized carbons (Fsp3) is 0.455. The van der Waals surface area contributed by atoms with E-state index in [9.17, 15) is 4.89 Å². The molecule has 0 saturated carbocycles. The lowest BCUT2D eigenvalue weighted by Crippen LogP contribution is -2.21. The molecule has 0 heterocycles. The van der Waals surface area contributed by atoms with Gasteiger partial charge in [0, 0.05) is 24.2 Å². The second kappa shape index (κ2) is 6.38. The van der Waals surface area contributed by atoms with Crippen molar-refractivity contribution < 1.29 is 18.9 Å². The molecule has 18 heavy (non-hydrogen) atoms. The molecule has 0 spiro atoms. The van der Waals surface area contributed by atoms with E-state index in [1.807, 2.05) is 13.8 Å². The first-order valence-corrected chi connectivity index (χ1v) is 8.07. The first-order chi connectivity index (χ1) is 8.36. The molecule has 0 aromatic heterocycles. The number of ether oxygens (including phenoxy) is 2. The number of hydrogen-bond donors (Lipinski definition) is 2. The topological polar surface area (TPSA) is 60.0 Å². The van der Waals surface area contributed by atoms with Crippen molar-refractivity contribution in [2.75, 3.05) is 14.2 Å². The maximum absolute atomic E-state index is 9.98. The van der Waals surface area contributed by atoms with E-state index in [-0.39, 0.29) is 6.04 Å². The van der Waals surface area contributed by atoms with Gasteiger partial charge in [0.25, 0.3) is 0 Å². The van der Waals surface area contributed by atoms with Crippen LogP contribution in [0.2, 0.25) is 0 Å². The molecule has 0 saturated heterocycles. The lowest BCUT2D eigenvalue weighted by molar-refractivity contribution is 0.388. The number of rotatable bonds is 6. The Morgan fingerprint density at radius 2 is 1.56 bits per heavy atom. The monoisotopic (exact) mass is 291 g/mol. The van der Waals surface area contributed by atoms with Gasteiger partial charge in [-0.25, -0.2) is 5.09 Å². The third kappa shape index (κ3) is 4.82. The molecule has 102 valence electrons. The first kappa shape index (κ1) is 15.2. The van der Waals surface area contributed by atoms with E-state index < -0.39 is 6.64 Å². The SMILES string of the molecule is COc1cc(OC)cc(OP(O)(=S)NC(C)C)c1. The van der Waals surface area contributed by atoms with Crippen molar-refractivity contribution in [1.82, 2.24) is 5.09 Å². The van der Waals surface area contributed by atoms with Gasteiger partial charge >= 0.3 is 6.64 Å². The quantitative estimate of drug-likeness (QED) is 0.784. The van der Waals surface area contributed by atoms with E-state index in [0.717, 1.165) is 0 Å². The van der Waals surface area contributed by atoms with Crippen molar-refractivity contribution in [3.05, 3.63) is 18.2 Å². The average Bonchev–Trinajstić information content (AvgIpc) is 2.25. The summed E-state index contributed by atoms with van der Waals surface area (Å²) in [6.45, 7) is 0.704. The fourth-order valence-corrected chi connectivity index (χ4v) is 3.32. The van der Waals surface area contributed by atoms with Crippen molar-refractivity contribution in [2.45, 2.75) is 19.9 Å². The van der Waals surface area contributed by atoms with Gasteiger partial charge in [-0.15, -0.1) is 0 Å². The van der Waals surface area contributed by atoms with E-state index in [2.05, 4.69) is 5.09 Å². The molecule has 0 aliphatic rings. The predicted molar refractivity (Wildman–Crippen MR) is 74.9 cm³/mol. The highest BCUT2D eigenvalue weighted by atomic mass is 32.5. The van der Waals surface area contributed by atoms with Crippen molar-refractivity contribution >= 4 is 18.4 Å². The van der Waals surface area contributed by atoms with Crippen molar-refractivity contribution in [2.24, 2.45) is 0 Å². The van der Waals surface area contributed by atoms with E-state index in [4.69, 9.17) is 25.8 Å². The summed E-state index contributed by atoms with van der Waals surface area (Å²) in [5.74, 6) is 1.55. The minimum absolute atomic E-state index is 0.0355. The maximum atomic E-state index is 9.98. The smallest absolute Gasteiger partial charge is 0.310 e. The molecular formula is C11H18NO4PS. The van der Waals surface area contributed by atoms with Crippen LogP contribution in [0.1, 0.15) is 13.8 Å². The molecule has 0 aliphatic carbocycles. The van der Waals surface area contributed by atoms with Crippen LogP contribution >= 0.6 is 6.64 Å². The van der Waals surface area contributed by atoms with Gasteiger partial charge in [-0.1, -0.05) is 0 Å². The van der Waals surface area contributed by atoms with Crippen LogP contribution in [0.5, 0.6) is 17.2 Å². The molecule has 0 radical (unpaired) electrons. The van der Waals surface area contributed by atoms with Crippen LogP contribution in [0, 0.1) is 0 Å². The maximum Gasteiger partial charge on any atom is 0.310 e. The Morgan fingerprint density at radius 1 is 1.11 bits per heavy atom. The minimum Gasteiger partial charge on any atom is -0.496 e. The molecule has 1 unspecified atom stereocenters. The molecule has 7 heteroatoms. The minimum atomic E-state index is -3.06. The van der Waals surface area contributed by atoms with Gasteiger partial charge in [-0.05, 0) is 25.7 Å². The molecule has 0 amide bonds. The molecule has 5 nitrogen and oxygen atoms in total. The Morgan fingerprint density at radius 3 is 1.94 bits per heavy atom. The molecule has 1 aromatic carbocycles. The van der Waals surface area contributed by atoms with E-state index in [0.29, 0.717) is 17.2 Å². The lowest BCUT2D eigenvalue weighted by Gasteiger charge is -2.20. The van der Waals surface area contributed by atoms with Crippen LogP contribution in [-0.2, 0) is 11.8 Å². The normalized spacial score (nSPS) is 14.1.